The van der Waals surface area contributed by atoms with Gasteiger partial charge in [0.1, 0.15) is 5.69 Å². The zero-order valence-corrected chi connectivity index (χ0v) is 14.0. The van der Waals surface area contributed by atoms with Crippen molar-refractivity contribution in [2.75, 3.05) is 0 Å². The minimum absolute atomic E-state index is 0.0982. The summed E-state index contributed by atoms with van der Waals surface area (Å²) >= 11 is 6.64. The molecule has 1 aromatic carbocycles. The van der Waals surface area contributed by atoms with Crippen LogP contribution in [0.4, 0.5) is 13.2 Å². The van der Waals surface area contributed by atoms with E-state index in [1.165, 1.54) is 0 Å². The smallest absolute Gasteiger partial charge is 0.351 e. The highest BCUT2D eigenvalue weighted by atomic mass is 35.5. The largest absolute Gasteiger partial charge is 0.433 e. The fourth-order valence-corrected chi connectivity index (χ4v) is 2.61. The van der Waals surface area contributed by atoms with Crippen molar-refractivity contribution in [1.29, 1.82) is 0 Å². The lowest BCUT2D eigenvalue weighted by Gasteiger charge is -2.12. The van der Waals surface area contributed by atoms with Crippen LogP contribution in [0.2, 0.25) is 5.02 Å². The van der Waals surface area contributed by atoms with E-state index in [-0.39, 0.29) is 11.1 Å². The van der Waals surface area contributed by atoms with E-state index < -0.39 is 17.1 Å². The first-order valence-electron chi connectivity index (χ1n) is 6.85. The van der Waals surface area contributed by atoms with Crippen LogP contribution in [0.25, 0.3) is 0 Å². The summed E-state index contributed by atoms with van der Waals surface area (Å²) in [7, 11) is 0. The molecule has 0 radical (unpaired) electrons. The van der Waals surface area contributed by atoms with E-state index >= 15 is 0 Å². The molecule has 9 heteroatoms. The highest BCUT2D eigenvalue weighted by molar-refractivity contribution is 8.00. The summed E-state index contributed by atoms with van der Waals surface area (Å²) < 4.78 is 37.8. The molecule has 1 amide bonds. The molecule has 0 aliphatic carbocycles. The summed E-state index contributed by atoms with van der Waals surface area (Å²) in [4.78, 5) is 19.2. The van der Waals surface area contributed by atoms with Crippen LogP contribution in [0.5, 0.6) is 0 Å². The molecule has 2 aromatic rings. The van der Waals surface area contributed by atoms with Crippen LogP contribution in [-0.2, 0) is 17.5 Å². The van der Waals surface area contributed by atoms with Crippen LogP contribution in [0.3, 0.4) is 0 Å². The number of benzene rings is 1. The average Bonchev–Trinajstić information content (AvgIpc) is 2.53. The van der Waals surface area contributed by atoms with Crippen molar-refractivity contribution < 1.29 is 18.0 Å². The average molecular weight is 376 g/mol. The number of rotatable bonds is 5. The Bertz CT molecular complexity index is 710. The van der Waals surface area contributed by atoms with E-state index in [1.807, 2.05) is 0 Å². The van der Waals surface area contributed by atoms with Gasteiger partial charge in [-0.1, -0.05) is 35.5 Å². The van der Waals surface area contributed by atoms with Gasteiger partial charge in [0, 0.05) is 17.8 Å². The van der Waals surface area contributed by atoms with Gasteiger partial charge in [-0.05, 0) is 30.7 Å². The summed E-state index contributed by atoms with van der Waals surface area (Å²) in [6, 6.07) is 7.75. The van der Waals surface area contributed by atoms with Crippen LogP contribution >= 0.6 is 23.4 Å². The number of nitrogens with one attached hydrogen (secondary N) is 1. The summed E-state index contributed by atoms with van der Waals surface area (Å²) in [5.41, 5.74) is -0.172. The normalized spacial score (nSPS) is 12.7. The van der Waals surface area contributed by atoms with Crippen molar-refractivity contribution in [1.82, 2.24) is 15.3 Å². The number of carbonyl (C=O) groups excluding carboxylic acids is 1. The number of nitrogens with zero attached hydrogens (tertiary/aromatic N) is 2. The molecule has 0 saturated heterocycles. The molecule has 1 atom stereocenters. The highest BCUT2D eigenvalue weighted by Crippen LogP contribution is 2.29. The number of halogens is 4. The Hall–Kier alpha value is -1.80. The van der Waals surface area contributed by atoms with Crippen molar-refractivity contribution >= 4 is 29.3 Å². The number of alkyl halides is 3. The molecule has 1 unspecified atom stereocenters. The summed E-state index contributed by atoms with van der Waals surface area (Å²) in [5.74, 6) is -0.323. The van der Waals surface area contributed by atoms with E-state index in [4.69, 9.17) is 11.6 Å². The number of aromatic nitrogens is 2. The molecular formula is C15H13ClF3N3OS. The fourth-order valence-electron chi connectivity index (χ4n) is 1.70. The number of amides is 1. The maximum atomic E-state index is 12.6. The lowest BCUT2D eigenvalue weighted by atomic mass is 10.2. The van der Waals surface area contributed by atoms with Crippen molar-refractivity contribution in [2.45, 2.75) is 30.1 Å². The standard InChI is InChI=1S/C15H13ClF3N3OS/c1-9(13(23)21-8-10-2-4-11(16)5-3-10)24-14-20-7-6-12(22-14)15(17,18)19/h2-7,9H,8H2,1H3,(H,21,23). The molecule has 0 aliphatic heterocycles. The van der Waals surface area contributed by atoms with E-state index in [0.29, 0.717) is 11.6 Å². The maximum absolute atomic E-state index is 12.6. The minimum Gasteiger partial charge on any atom is -0.351 e. The van der Waals surface area contributed by atoms with Gasteiger partial charge in [-0.25, -0.2) is 9.97 Å². The molecule has 0 bridgehead atoms. The number of hydrogen-bond donors (Lipinski definition) is 1. The molecule has 4 nitrogen and oxygen atoms in total. The molecule has 24 heavy (non-hydrogen) atoms. The maximum Gasteiger partial charge on any atom is 0.433 e. The van der Waals surface area contributed by atoms with Gasteiger partial charge < -0.3 is 5.32 Å². The SMILES string of the molecule is CC(Sc1nccc(C(F)(F)F)n1)C(=O)NCc1ccc(Cl)cc1. The topological polar surface area (TPSA) is 54.9 Å². The van der Waals surface area contributed by atoms with Gasteiger partial charge in [0.15, 0.2) is 5.16 Å². The van der Waals surface area contributed by atoms with Crippen LogP contribution in [-0.4, -0.2) is 21.1 Å². The second kappa shape index (κ2) is 7.85. The Morgan fingerprint density at radius 1 is 1.29 bits per heavy atom. The zero-order chi connectivity index (χ0) is 17.7. The van der Waals surface area contributed by atoms with Crippen molar-refractivity contribution in [3.05, 3.63) is 52.8 Å². The Balaban J connectivity index is 1.93. The molecule has 1 heterocycles. The second-order valence-electron chi connectivity index (χ2n) is 4.83. The first kappa shape index (κ1) is 18.5. The summed E-state index contributed by atoms with van der Waals surface area (Å²) in [6.07, 6.45) is -3.52. The molecule has 1 N–H and O–H groups in total. The molecule has 0 saturated carbocycles. The fraction of sp³-hybridized carbons (Fsp3) is 0.267. The first-order chi connectivity index (χ1) is 11.3. The van der Waals surface area contributed by atoms with Gasteiger partial charge in [0.2, 0.25) is 5.91 Å². The Morgan fingerprint density at radius 3 is 2.58 bits per heavy atom. The molecule has 0 spiro atoms. The van der Waals surface area contributed by atoms with Crippen LogP contribution in [0, 0.1) is 0 Å². The van der Waals surface area contributed by atoms with Crippen LogP contribution in [0.1, 0.15) is 18.2 Å². The van der Waals surface area contributed by atoms with Crippen molar-refractivity contribution in [3.63, 3.8) is 0 Å². The van der Waals surface area contributed by atoms with Gasteiger partial charge >= 0.3 is 6.18 Å². The van der Waals surface area contributed by atoms with Gasteiger partial charge in [0.05, 0.1) is 5.25 Å². The van der Waals surface area contributed by atoms with Gasteiger partial charge in [0.25, 0.3) is 0 Å². The number of thioether (sulfide) groups is 1. The Kier molecular flexibility index (Phi) is 6.06. The number of hydrogen-bond acceptors (Lipinski definition) is 4. The van der Waals surface area contributed by atoms with Crippen molar-refractivity contribution in [3.8, 4) is 0 Å². The second-order valence-corrected chi connectivity index (χ2v) is 6.57. The first-order valence-corrected chi connectivity index (χ1v) is 8.10. The summed E-state index contributed by atoms with van der Waals surface area (Å²) in [5, 5.41) is 2.56. The predicted molar refractivity (Wildman–Crippen MR) is 85.7 cm³/mol. The van der Waals surface area contributed by atoms with Crippen LogP contribution < -0.4 is 5.32 Å². The lowest BCUT2D eigenvalue weighted by Crippen LogP contribution is -2.30. The third-order valence-corrected chi connectivity index (χ3v) is 4.18. The van der Waals surface area contributed by atoms with Gasteiger partial charge in [-0.3, -0.25) is 4.79 Å². The van der Waals surface area contributed by atoms with E-state index in [0.717, 1.165) is 29.6 Å². The highest BCUT2D eigenvalue weighted by Gasteiger charge is 2.33. The number of carbonyl (C=O) groups is 1. The zero-order valence-electron chi connectivity index (χ0n) is 12.5. The monoisotopic (exact) mass is 375 g/mol. The quantitative estimate of drug-likeness (QED) is 0.635. The van der Waals surface area contributed by atoms with E-state index in [9.17, 15) is 18.0 Å². The molecule has 2 rings (SSSR count). The van der Waals surface area contributed by atoms with Gasteiger partial charge in [-0.2, -0.15) is 13.2 Å². The lowest BCUT2D eigenvalue weighted by molar-refractivity contribution is -0.141. The molecule has 1 aromatic heterocycles. The molecular weight excluding hydrogens is 363 g/mol. The third-order valence-electron chi connectivity index (χ3n) is 2.96. The molecule has 0 fully saturated rings. The van der Waals surface area contributed by atoms with E-state index in [1.54, 1.807) is 31.2 Å². The Labute approximate surface area is 145 Å². The van der Waals surface area contributed by atoms with Crippen molar-refractivity contribution in [2.24, 2.45) is 0 Å². The molecule has 128 valence electrons. The third kappa shape index (κ3) is 5.38. The minimum atomic E-state index is -4.54. The Morgan fingerprint density at radius 2 is 1.96 bits per heavy atom. The van der Waals surface area contributed by atoms with Gasteiger partial charge in [-0.15, -0.1) is 0 Å². The molecule has 0 aliphatic rings. The summed E-state index contributed by atoms with van der Waals surface area (Å²) in [6.45, 7) is 1.87. The van der Waals surface area contributed by atoms with Crippen LogP contribution in [0.15, 0.2) is 41.7 Å². The van der Waals surface area contributed by atoms with E-state index in [2.05, 4.69) is 15.3 Å². The predicted octanol–water partition coefficient (Wildman–Crippen LogP) is 3.95.